The molecule has 1 N–H and O–H groups in total. The highest BCUT2D eigenvalue weighted by molar-refractivity contribution is 6.30. The predicted octanol–water partition coefficient (Wildman–Crippen LogP) is 3.48. The van der Waals surface area contributed by atoms with Crippen molar-refractivity contribution in [2.45, 2.75) is 19.4 Å². The Bertz CT molecular complexity index is 884. The highest BCUT2D eigenvalue weighted by atomic mass is 35.5. The quantitative estimate of drug-likeness (QED) is 0.708. The standard InChI is InChI=1S/C24H29ClN2O4/c1-2-30-21-7-8-23-18(14-21)13-19(16-31-23)24(28)26-15-22(27-9-11-29-12-10-27)17-3-5-20(25)6-4-17/h3-8,14,19,22H,2,9-13,15-16H2,1H3,(H,26,28). The lowest BCUT2D eigenvalue weighted by molar-refractivity contribution is -0.126. The number of ether oxygens (including phenoxy) is 3. The van der Waals surface area contributed by atoms with Gasteiger partial charge in [0.1, 0.15) is 18.1 Å². The van der Waals surface area contributed by atoms with Crippen molar-refractivity contribution in [2.75, 3.05) is 46.1 Å². The molecule has 2 aromatic rings. The fourth-order valence-electron chi connectivity index (χ4n) is 4.17. The third-order valence-corrected chi connectivity index (χ3v) is 6.08. The van der Waals surface area contributed by atoms with Crippen LogP contribution in [0.5, 0.6) is 11.5 Å². The number of morpholine rings is 1. The summed E-state index contributed by atoms with van der Waals surface area (Å²) in [5.41, 5.74) is 2.15. The first-order chi connectivity index (χ1) is 15.1. The first-order valence-electron chi connectivity index (χ1n) is 10.9. The summed E-state index contributed by atoms with van der Waals surface area (Å²) in [7, 11) is 0. The summed E-state index contributed by atoms with van der Waals surface area (Å²) in [4.78, 5) is 15.4. The largest absolute Gasteiger partial charge is 0.494 e. The van der Waals surface area contributed by atoms with E-state index in [-0.39, 0.29) is 17.9 Å². The lowest BCUT2D eigenvalue weighted by Crippen LogP contribution is -2.45. The normalized spacial score (nSPS) is 19.7. The van der Waals surface area contributed by atoms with Crippen LogP contribution in [0.2, 0.25) is 5.02 Å². The maximum atomic E-state index is 13.0. The molecule has 0 aromatic heterocycles. The van der Waals surface area contributed by atoms with Crippen molar-refractivity contribution in [3.05, 3.63) is 58.6 Å². The number of carbonyl (C=O) groups is 1. The number of halogens is 1. The molecule has 7 heteroatoms. The average Bonchev–Trinajstić information content (AvgIpc) is 2.80. The molecule has 0 saturated carbocycles. The van der Waals surface area contributed by atoms with Crippen LogP contribution in [0.15, 0.2) is 42.5 Å². The van der Waals surface area contributed by atoms with Crippen LogP contribution in [0.3, 0.4) is 0 Å². The zero-order valence-electron chi connectivity index (χ0n) is 17.8. The van der Waals surface area contributed by atoms with Crippen molar-refractivity contribution < 1.29 is 19.0 Å². The molecule has 2 heterocycles. The third-order valence-electron chi connectivity index (χ3n) is 5.83. The van der Waals surface area contributed by atoms with Crippen LogP contribution in [-0.4, -0.2) is 56.9 Å². The number of amides is 1. The molecule has 1 amide bonds. The van der Waals surface area contributed by atoms with Crippen molar-refractivity contribution in [3.8, 4) is 11.5 Å². The summed E-state index contributed by atoms with van der Waals surface area (Å²) in [6.45, 7) is 6.56. The van der Waals surface area contributed by atoms with Gasteiger partial charge in [-0.1, -0.05) is 23.7 Å². The summed E-state index contributed by atoms with van der Waals surface area (Å²) in [6.07, 6.45) is 0.644. The molecule has 0 bridgehead atoms. The van der Waals surface area contributed by atoms with E-state index in [1.54, 1.807) is 0 Å². The zero-order valence-corrected chi connectivity index (χ0v) is 18.6. The fourth-order valence-corrected chi connectivity index (χ4v) is 4.30. The first-order valence-corrected chi connectivity index (χ1v) is 11.3. The highest BCUT2D eigenvalue weighted by Gasteiger charge is 2.28. The molecule has 0 spiro atoms. The number of benzene rings is 2. The van der Waals surface area contributed by atoms with Gasteiger partial charge in [-0.2, -0.15) is 0 Å². The minimum atomic E-state index is -0.222. The van der Waals surface area contributed by atoms with Gasteiger partial charge in [-0.3, -0.25) is 9.69 Å². The first kappa shape index (κ1) is 21.9. The number of carbonyl (C=O) groups excluding carboxylic acids is 1. The molecule has 2 aromatic carbocycles. The second-order valence-corrected chi connectivity index (χ2v) is 8.31. The van der Waals surface area contributed by atoms with Crippen LogP contribution >= 0.6 is 11.6 Å². The second kappa shape index (κ2) is 10.4. The lowest BCUT2D eigenvalue weighted by atomic mass is 9.95. The van der Waals surface area contributed by atoms with Gasteiger partial charge in [0.15, 0.2) is 0 Å². The van der Waals surface area contributed by atoms with E-state index < -0.39 is 0 Å². The Hall–Kier alpha value is -2.28. The molecular formula is C24H29ClN2O4. The maximum absolute atomic E-state index is 13.0. The van der Waals surface area contributed by atoms with E-state index >= 15 is 0 Å². The molecule has 31 heavy (non-hydrogen) atoms. The number of nitrogens with zero attached hydrogens (tertiary/aromatic N) is 1. The van der Waals surface area contributed by atoms with Crippen molar-refractivity contribution in [3.63, 3.8) is 0 Å². The Labute approximate surface area is 188 Å². The van der Waals surface area contributed by atoms with E-state index in [4.69, 9.17) is 25.8 Å². The van der Waals surface area contributed by atoms with E-state index in [2.05, 4.69) is 10.2 Å². The summed E-state index contributed by atoms with van der Waals surface area (Å²) in [6, 6.07) is 13.7. The predicted molar refractivity (Wildman–Crippen MR) is 120 cm³/mol. The molecule has 0 aliphatic carbocycles. The van der Waals surface area contributed by atoms with Crippen molar-refractivity contribution in [1.82, 2.24) is 10.2 Å². The summed E-state index contributed by atoms with van der Waals surface area (Å²) in [5.74, 6) is 1.43. The Morgan fingerprint density at radius 2 is 2.00 bits per heavy atom. The SMILES string of the molecule is CCOc1ccc2c(c1)CC(C(=O)NCC(c1ccc(Cl)cc1)N1CCOCC1)CO2. The fraction of sp³-hybridized carbons (Fsp3) is 0.458. The minimum absolute atomic E-state index is 0.0136. The molecule has 1 fully saturated rings. The molecule has 2 unspecified atom stereocenters. The Morgan fingerprint density at radius 1 is 1.23 bits per heavy atom. The van der Waals surface area contributed by atoms with Gasteiger partial charge in [-0.05, 0) is 54.8 Å². The number of hydrogen-bond donors (Lipinski definition) is 1. The molecule has 2 atom stereocenters. The van der Waals surface area contributed by atoms with Gasteiger partial charge < -0.3 is 19.5 Å². The zero-order chi connectivity index (χ0) is 21.6. The van der Waals surface area contributed by atoms with Crippen LogP contribution in [-0.2, 0) is 16.0 Å². The van der Waals surface area contributed by atoms with Crippen molar-refractivity contribution >= 4 is 17.5 Å². The molecule has 1 saturated heterocycles. The van der Waals surface area contributed by atoms with Gasteiger partial charge in [-0.15, -0.1) is 0 Å². The summed E-state index contributed by atoms with van der Waals surface area (Å²) < 4.78 is 17.0. The molecule has 2 aliphatic heterocycles. The molecule has 2 aliphatic rings. The monoisotopic (exact) mass is 444 g/mol. The molecule has 0 radical (unpaired) electrons. The number of rotatable bonds is 7. The molecule has 4 rings (SSSR count). The van der Waals surface area contributed by atoms with Gasteiger partial charge >= 0.3 is 0 Å². The van der Waals surface area contributed by atoms with Gasteiger partial charge in [-0.25, -0.2) is 0 Å². The second-order valence-electron chi connectivity index (χ2n) is 7.88. The molecule has 166 valence electrons. The van der Waals surface area contributed by atoms with E-state index in [1.807, 2.05) is 49.4 Å². The van der Waals surface area contributed by atoms with Gasteiger partial charge in [0.05, 0.1) is 31.8 Å². The highest BCUT2D eigenvalue weighted by Crippen LogP contribution is 2.31. The summed E-state index contributed by atoms with van der Waals surface area (Å²) >= 11 is 6.08. The Balaban J connectivity index is 1.41. The minimum Gasteiger partial charge on any atom is -0.494 e. The summed E-state index contributed by atoms with van der Waals surface area (Å²) in [5, 5.41) is 3.87. The van der Waals surface area contributed by atoms with Gasteiger partial charge in [0, 0.05) is 24.7 Å². The number of fused-ring (bicyclic) bond motifs is 1. The van der Waals surface area contributed by atoms with E-state index in [9.17, 15) is 4.79 Å². The molecule has 6 nitrogen and oxygen atoms in total. The number of nitrogens with one attached hydrogen (secondary N) is 1. The topological polar surface area (TPSA) is 60.0 Å². The van der Waals surface area contributed by atoms with E-state index in [0.717, 1.165) is 35.7 Å². The van der Waals surface area contributed by atoms with Crippen LogP contribution in [0.25, 0.3) is 0 Å². The van der Waals surface area contributed by atoms with Crippen LogP contribution in [0, 0.1) is 5.92 Å². The van der Waals surface area contributed by atoms with Crippen molar-refractivity contribution in [1.29, 1.82) is 0 Å². The lowest BCUT2D eigenvalue weighted by Gasteiger charge is -2.35. The smallest absolute Gasteiger partial charge is 0.226 e. The van der Waals surface area contributed by atoms with Gasteiger partial charge in [0.2, 0.25) is 5.91 Å². The maximum Gasteiger partial charge on any atom is 0.226 e. The van der Waals surface area contributed by atoms with Crippen molar-refractivity contribution in [2.24, 2.45) is 5.92 Å². The average molecular weight is 445 g/mol. The molecular weight excluding hydrogens is 416 g/mol. The Morgan fingerprint density at radius 3 is 2.74 bits per heavy atom. The number of hydrogen-bond acceptors (Lipinski definition) is 5. The third kappa shape index (κ3) is 5.50. The van der Waals surface area contributed by atoms with Crippen LogP contribution in [0.1, 0.15) is 24.1 Å². The Kier molecular flexibility index (Phi) is 7.33. The van der Waals surface area contributed by atoms with Gasteiger partial charge in [0.25, 0.3) is 0 Å². The van der Waals surface area contributed by atoms with Crippen LogP contribution in [0.4, 0.5) is 0 Å². The van der Waals surface area contributed by atoms with Crippen LogP contribution < -0.4 is 14.8 Å². The van der Waals surface area contributed by atoms with E-state index in [1.165, 1.54) is 0 Å². The van der Waals surface area contributed by atoms with E-state index in [0.29, 0.717) is 44.4 Å².